The summed E-state index contributed by atoms with van der Waals surface area (Å²) >= 11 is 0. The molecule has 2 heterocycles. The molecule has 0 aliphatic carbocycles. The van der Waals surface area contributed by atoms with Gasteiger partial charge < -0.3 is 13.7 Å². The summed E-state index contributed by atoms with van der Waals surface area (Å²) in [6.45, 7) is 0. The summed E-state index contributed by atoms with van der Waals surface area (Å²) in [6.07, 6.45) is 0. The highest BCUT2D eigenvalue weighted by molar-refractivity contribution is 6.19. The van der Waals surface area contributed by atoms with E-state index in [-0.39, 0.29) is 0 Å². The summed E-state index contributed by atoms with van der Waals surface area (Å²) in [6, 6.07) is 71.5. The third-order valence-corrected chi connectivity index (χ3v) is 11.7. The SMILES string of the molecule is c1ccc2c(-c3ccc(N(c4ccc(-c5cccc6c5oc5ccccc56)cc4)c4ccc5c(ccc6ccccc65)c4)c4c3oc3ccccc34)cccc2c1. The van der Waals surface area contributed by atoms with E-state index in [9.17, 15) is 0 Å². The molecular formula is C54H33NO2. The molecule has 0 aliphatic rings. The van der Waals surface area contributed by atoms with Crippen molar-refractivity contribution in [1.82, 2.24) is 0 Å². The zero-order valence-corrected chi connectivity index (χ0v) is 30.8. The van der Waals surface area contributed by atoms with Crippen molar-refractivity contribution >= 4 is 93.3 Å². The summed E-state index contributed by atoms with van der Waals surface area (Å²) in [5.74, 6) is 0. The van der Waals surface area contributed by atoms with Gasteiger partial charge in [-0.3, -0.25) is 0 Å². The molecule has 0 saturated heterocycles. The van der Waals surface area contributed by atoms with Crippen molar-refractivity contribution < 1.29 is 8.83 Å². The number of anilines is 3. The Labute approximate surface area is 328 Å². The lowest BCUT2D eigenvalue weighted by molar-refractivity contribution is 0.669. The van der Waals surface area contributed by atoms with Gasteiger partial charge in [0.15, 0.2) is 0 Å². The van der Waals surface area contributed by atoms with Gasteiger partial charge in [0.25, 0.3) is 0 Å². The lowest BCUT2D eigenvalue weighted by Crippen LogP contribution is -2.10. The van der Waals surface area contributed by atoms with E-state index in [2.05, 4.69) is 193 Å². The van der Waals surface area contributed by atoms with E-state index in [1.807, 2.05) is 12.1 Å². The Hall–Kier alpha value is -7.62. The van der Waals surface area contributed by atoms with E-state index in [1.54, 1.807) is 0 Å². The normalized spacial score (nSPS) is 11.9. The minimum atomic E-state index is 0.862. The van der Waals surface area contributed by atoms with Crippen LogP contribution in [-0.4, -0.2) is 0 Å². The average molecular weight is 728 g/mol. The highest BCUT2D eigenvalue weighted by Crippen LogP contribution is 2.48. The maximum absolute atomic E-state index is 6.87. The second kappa shape index (κ2) is 12.5. The molecule has 10 aromatic carbocycles. The topological polar surface area (TPSA) is 29.5 Å². The largest absolute Gasteiger partial charge is 0.455 e. The molecule has 57 heavy (non-hydrogen) atoms. The van der Waals surface area contributed by atoms with Crippen molar-refractivity contribution in [1.29, 1.82) is 0 Å². The van der Waals surface area contributed by atoms with E-state index in [0.29, 0.717) is 0 Å². The molecule has 3 heteroatoms. The van der Waals surface area contributed by atoms with Crippen LogP contribution in [0.25, 0.3) is 98.4 Å². The zero-order valence-electron chi connectivity index (χ0n) is 30.8. The quantitative estimate of drug-likeness (QED) is 0.165. The van der Waals surface area contributed by atoms with E-state index in [4.69, 9.17) is 8.83 Å². The number of furan rings is 2. The van der Waals surface area contributed by atoms with E-state index in [0.717, 1.165) is 83.2 Å². The molecule has 0 N–H and O–H groups in total. The van der Waals surface area contributed by atoms with Gasteiger partial charge in [0.2, 0.25) is 0 Å². The van der Waals surface area contributed by atoms with Gasteiger partial charge in [-0.1, -0.05) is 152 Å². The molecule has 0 aliphatic heterocycles. The van der Waals surface area contributed by atoms with Gasteiger partial charge in [0, 0.05) is 38.7 Å². The first kappa shape index (κ1) is 31.7. The molecular weight excluding hydrogens is 695 g/mol. The van der Waals surface area contributed by atoms with Crippen molar-refractivity contribution in [3.05, 3.63) is 200 Å². The maximum atomic E-state index is 6.87. The number of para-hydroxylation sites is 3. The first-order valence-corrected chi connectivity index (χ1v) is 19.4. The van der Waals surface area contributed by atoms with E-state index < -0.39 is 0 Å². The molecule has 3 nitrogen and oxygen atoms in total. The standard InChI is InChI=1S/C54H33NO2/c1-4-15-41-34(11-1)13-9-19-44(41)47-31-32-49(52-48-17-6-8-22-51(48)57-54(47)52)55(39-29-30-42-37(33-39)24-23-35-12-2-3-14-40(35)42)38-27-25-36(26-28-38)43-18-10-20-46-45-16-5-7-21-50(45)56-53(43)46/h1-33H. The molecule has 0 bridgehead atoms. The number of nitrogens with zero attached hydrogens (tertiary/aromatic N) is 1. The minimum absolute atomic E-state index is 0.862. The molecule has 0 spiro atoms. The lowest BCUT2D eigenvalue weighted by Gasteiger charge is -2.27. The zero-order chi connectivity index (χ0) is 37.5. The van der Waals surface area contributed by atoms with Crippen LogP contribution in [0.3, 0.4) is 0 Å². The highest BCUT2D eigenvalue weighted by atomic mass is 16.3. The third kappa shape index (κ3) is 4.92. The second-order valence-electron chi connectivity index (χ2n) is 14.8. The Morgan fingerprint density at radius 3 is 1.74 bits per heavy atom. The molecule has 266 valence electrons. The molecule has 0 fully saturated rings. The van der Waals surface area contributed by atoms with E-state index in [1.165, 1.54) is 32.3 Å². The average Bonchev–Trinajstić information content (AvgIpc) is 3.86. The lowest BCUT2D eigenvalue weighted by atomic mass is 9.95. The van der Waals surface area contributed by atoms with Crippen molar-refractivity contribution in [2.75, 3.05) is 4.90 Å². The number of rotatable bonds is 5. The van der Waals surface area contributed by atoms with Crippen molar-refractivity contribution in [2.45, 2.75) is 0 Å². The van der Waals surface area contributed by atoms with Crippen LogP contribution in [0.4, 0.5) is 17.1 Å². The molecule has 0 saturated carbocycles. The van der Waals surface area contributed by atoms with Gasteiger partial charge in [0.05, 0.1) is 11.1 Å². The van der Waals surface area contributed by atoms with Crippen molar-refractivity contribution in [3.63, 3.8) is 0 Å². The maximum Gasteiger partial charge on any atom is 0.145 e. The summed E-state index contributed by atoms with van der Waals surface area (Å²) in [7, 11) is 0. The monoisotopic (exact) mass is 727 g/mol. The summed E-state index contributed by atoms with van der Waals surface area (Å²) in [5, 5.41) is 11.7. The van der Waals surface area contributed by atoms with Crippen LogP contribution in [0.15, 0.2) is 209 Å². The number of fused-ring (bicyclic) bond motifs is 10. The molecule has 0 atom stereocenters. The first-order chi connectivity index (χ1) is 28.3. The highest BCUT2D eigenvalue weighted by Gasteiger charge is 2.23. The van der Waals surface area contributed by atoms with Gasteiger partial charge in [-0.25, -0.2) is 0 Å². The fraction of sp³-hybridized carbons (Fsp3) is 0. The van der Waals surface area contributed by atoms with Crippen LogP contribution in [0.2, 0.25) is 0 Å². The van der Waals surface area contributed by atoms with Crippen LogP contribution >= 0.6 is 0 Å². The van der Waals surface area contributed by atoms with Crippen LogP contribution in [0.5, 0.6) is 0 Å². The molecule has 0 amide bonds. The van der Waals surface area contributed by atoms with Crippen LogP contribution < -0.4 is 4.90 Å². The first-order valence-electron chi connectivity index (χ1n) is 19.4. The molecule has 0 unspecified atom stereocenters. The number of hydrogen-bond acceptors (Lipinski definition) is 3. The van der Waals surface area contributed by atoms with E-state index >= 15 is 0 Å². The Kier molecular flexibility index (Phi) is 6.93. The Morgan fingerprint density at radius 2 is 0.895 bits per heavy atom. The third-order valence-electron chi connectivity index (χ3n) is 11.7. The van der Waals surface area contributed by atoms with Gasteiger partial charge in [0.1, 0.15) is 22.3 Å². The molecule has 12 aromatic rings. The number of benzene rings is 10. The van der Waals surface area contributed by atoms with Crippen molar-refractivity contribution in [2.24, 2.45) is 0 Å². The molecule has 0 radical (unpaired) electrons. The number of hydrogen-bond donors (Lipinski definition) is 0. The van der Waals surface area contributed by atoms with Gasteiger partial charge in [-0.15, -0.1) is 0 Å². The summed E-state index contributed by atoms with van der Waals surface area (Å²) < 4.78 is 13.3. The molecule has 12 rings (SSSR count). The van der Waals surface area contributed by atoms with Crippen LogP contribution in [0, 0.1) is 0 Å². The fourth-order valence-corrected chi connectivity index (χ4v) is 9.00. The van der Waals surface area contributed by atoms with Gasteiger partial charge in [-0.05, 0) is 92.0 Å². The summed E-state index contributed by atoms with van der Waals surface area (Å²) in [4.78, 5) is 2.39. The van der Waals surface area contributed by atoms with Crippen molar-refractivity contribution in [3.8, 4) is 22.3 Å². The Bertz CT molecular complexity index is 3530. The minimum Gasteiger partial charge on any atom is -0.455 e. The van der Waals surface area contributed by atoms with Crippen LogP contribution in [0.1, 0.15) is 0 Å². The fourth-order valence-electron chi connectivity index (χ4n) is 9.00. The Balaban J connectivity index is 1.10. The van der Waals surface area contributed by atoms with Gasteiger partial charge in [-0.2, -0.15) is 0 Å². The summed E-state index contributed by atoms with van der Waals surface area (Å²) in [5.41, 5.74) is 11.1. The predicted octanol–water partition coefficient (Wildman–Crippen LogP) is 15.7. The van der Waals surface area contributed by atoms with Crippen LogP contribution in [-0.2, 0) is 0 Å². The smallest absolute Gasteiger partial charge is 0.145 e. The van der Waals surface area contributed by atoms with Gasteiger partial charge >= 0.3 is 0 Å². The molecule has 2 aromatic heterocycles. The second-order valence-corrected chi connectivity index (χ2v) is 14.8. The Morgan fingerprint density at radius 1 is 0.316 bits per heavy atom. The predicted molar refractivity (Wildman–Crippen MR) is 239 cm³/mol.